The van der Waals surface area contributed by atoms with Crippen molar-refractivity contribution in [3.8, 4) is 0 Å². The van der Waals surface area contributed by atoms with Crippen molar-refractivity contribution >= 4 is 40.0 Å². The molecule has 0 bridgehead atoms. The molecule has 1 aromatic carbocycles. The number of carbonyl (C=O) groups excluding carboxylic acids is 2. The van der Waals surface area contributed by atoms with Crippen molar-refractivity contribution in [1.29, 1.82) is 0 Å². The number of hydrogen-bond acceptors (Lipinski definition) is 4. The first-order valence-corrected chi connectivity index (χ1v) is 10.8. The number of thiazole rings is 1. The van der Waals surface area contributed by atoms with Gasteiger partial charge in [0.25, 0.3) is 0 Å². The van der Waals surface area contributed by atoms with Gasteiger partial charge in [0.15, 0.2) is 5.13 Å². The number of amides is 2. The third-order valence-electron chi connectivity index (χ3n) is 5.01. The van der Waals surface area contributed by atoms with E-state index in [2.05, 4.69) is 10.3 Å². The van der Waals surface area contributed by atoms with Crippen molar-refractivity contribution in [2.45, 2.75) is 45.4 Å². The van der Waals surface area contributed by atoms with Gasteiger partial charge in [0.2, 0.25) is 11.8 Å². The minimum atomic E-state index is -0.100. The van der Waals surface area contributed by atoms with Crippen LogP contribution in [0.5, 0.6) is 0 Å². The summed E-state index contributed by atoms with van der Waals surface area (Å²) in [6, 6.07) is 9.43. The van der Waals surface area contributed by atoms with Crippen molar-refractivity contribution in [2.24, 2.45) is 5.92 Å². The number of nitrogens with one attached hydrogen (secondary N) is 1. The van der Waals surface area contributed by atoms with Gasteiger partial charge in [0.05, 0.1) is 11.4 Å². The first kappa shape index (κ1) is 20.3. The summed E-state index contributed by atoms with van der Waals surface area (Å²) in [6.45, 7) is 2.24. The molecule has 0 unspecified atom stereocenters. The maximum absolute atomic E-state index is 12.1. The molecule has 0 atom stereocenters. The van der Waals surface area contributed by atoms with E-state index in [-0.39, 0.29) is 11.8 Å². The molecule has 148 valence electrons. The minimum absolute atomic E-state index is 0.100. The molecule has 0 radical (unpaired) electrons. The summed E-state index contributed by atoms with van der Waals surface area (Å²) in [6.07, 6.45) is 10.9. The Labute approximate surface area is 170 Å². The van der Waals surface area contributed by atoms with Crippen LogP contribution in [0.3, 0.4) is 0 Å². The van der Waals surface area contributed by atoms with Crippen molar-refractivity contribution in [3.63, 3.8) is 0 Å². The largest absolute Gasteiger partial charge is 0.353 e. The van der Waals surface area contributed by atoms with Crippen LogP contribution in [0.15, 0.2) is 41.8 Å². The molecule has 0 aliphatic heterocycles. The summed E-state index contributed by atoms with van der Waals surface area (Å²) >= 11 is 1.38. The fraction of sp³-hybridized carbons (Fsp3) is 0.409. The van der Waals surface area contributed by atoms with E-state index in [9.17, 15) is 9.59 Å². The van der Waals surface area contributed by atoms with Crippen LogP contribution in [0.2, 0.25) is 0 Å². The number of rotatable bonds is 7. The van der Waals surface area contributed by atoms with Gasteiger partial charge in [0, 0.05) is 24.9 Å². The molecule has 1 aliphatic rings. The lowest BCUT2D eigenvalue weighted by molar-refractivity contribution is -0.117. The average Bonchev–Trinajstić information content (AvgIpc) is 3.16. The molecule has 0 spiro atoms. The number of carbonyl (C=O) groups is 2. The Morgan fingerprint density at radius 1 is 1.21 bits per heavy atom. The fourth-order valence-electron chi connectivity index (χ4n) is 3.55. The van der Waals surface area contributed by atoms with Crippen LogP contribution in [0.25, 0.3) is 6.08 Å². The molecule has 1 aromatic heterocycles. The van der Waals surface area contributed by atoms with Gasteiger partial charge in [0.1, 0.15) is 0 Å². The molecule has 5 nitrogen and oxygen atoms in total. The van der Waals surface area contributed by atoms with Gasteiger partial charge < -0.3 is 5.32 Å². The molecule has 1 aliphatic carbocycles. The number of benzene rings is 1. The summed E-state index contributed by atoms with van der Waals surface area (Å²) in [5.41, 5.74) is 1.45. The predicted octanol–water partition coefficient (Wildman–Crippen LogP) is 4.93. The molecule has 1 N–H and O–H groups in total. The van der Waals surface area contributed by atoms with E-state index in [1.54, 1.807) is 11.0 Å². The summed E-state index contributed by atoms with van der Waals surface area (Å²) in [5.74, 6) is 0.558. The maximum Gasteiger partial charge on any atom is 0.244 e. The lowest BCUT2D eigenvalue weighted by atomic mass is 9.87. The van der Waals surface area contributed by atoms with Gasteiger partial charge in [-0.1, -0.05) is 50.3 Å². The molecule has 1 heterocycles. The first-order chi connectivity index (χ1) is 13.6. The minimum Gasteiger partial charge on any atom is -0.353 e. The van der Waals surface area contributed by atoms with E-state index >= 15 is 0 Å². The summed E-state index contributed by atoms with van der Waals surface area (Å²) in [4.78, 5) is 30.2. The van der Waals surface area contributed by atoms with E-state index in [1.807, 2.05) is 35.7 Å². The van der Waals surface area contributed by atoms with Crippen LogP contribution in [0.4, 0.5) is 10.8 Å². The highest BCUT2D eigenvalue weighted by atomic mass is 32.1. The Balaban J connectivity index is 1.54. The monoisotopic (exact) mass is 397 g/mol. The van der Waals surface area contributed by atoms with Crippen LogP contribution in [-0.2, 0) is 9.59 Å². The van der Waals surface area contributed by atoms with Gasteiger partial charge in [-0.2, -0.15) is 0 Å². The zero-order valence-corrected chi connectivity index (χ0v) is 17.1. The highest BCUT2D eigenvalue weighted by molar-refractivity contribution is 7.14. The third-order valence-corrected chi connectivity index (χ3v) is 5.86. The highest BCUT2D eigenvalue weighted by Crippen LogP contribution is 2.29. The van der Waals surface area contributed by atoms with Crippen molar-refractivity contribution in [1.82, 2.24) is 10.3 Å². The SMILES string of the molecule is CC(=O)N(c1ccccc1)c1nc(/C=C/C(=O)NCCC2CCCCC2)cs1. The van der Waals surface area contributed by atoms with Crippen molar-refractivity contribution in [2.75, 3.05) is 11.4 Å². The van der Waals surface area contributed by atoms with Crippen LogP contribution >= 0.6 is 11.3 Å². The molecule has 1 fully saturated rings. The van der Waals surface area contributed by atoms with Crippen LogP contribution in [0.1, 0.15) is 51.1 Å². The van der Waals surface area contributed by atoms with E-state index in [0.29, 0.717) is 10.8 Å². The molecule has 3 rings (SSSR count). The van der Waals surface area contributed by atoms with Gasteiger partial charge >= 0.3 is 0 Å². The Bertz CT molecular complexity index is 810. The molecule has 28 heavy (non-hydrogen) atoms. The molecule has 6 heteroatoms. The Kier molecular flexibility index (Phi) is 7.37. The van der Waals surface area contributed by atoms with Gasteiger partial charge in [-0.05, 0) is 30.5 Å². The van der Waals surface area contributed by atoms with Crippen LogP contribution in [-0.4, -0.2) is 23.3 Å². The summed E-state index contributed by atoms with van der Waals surface area (Å²) < 4.78 is 0. The number of aromatic nitrogens is 1. The molecule has 1 saturated carbocycles. The standard InChI is InChI=1S/C22H27N3O2S/c1-17(26)25(20-10-6-3-7-11-20)22-24-19(16-28-22)12-13-21(27)23-15-14-18-8-4-2-5-9-18/h3,6-7,10-13,16,18H,2,4-5,8-9,14-15H2,1H3,(H,23,27)/b13-12+. The lowest BCUT2D eigenvalue weighted by Crippen LogP contribution is -2.24. The zero-order valence-electron chi connectivity index (χ0n) is 16.3. The van der Waals surface area contributed by atoms with E-state index in [0.717, 1.165) is 24.6 Å². The first-order valence-electron chi connectivity index (χ1n) is 9.90. The zero-order chi connectivity index (χ0) is 19.8. The fourth-order valence-corrected chi connectivity index (χ4v) is 4.41. The van der Waals surface area contributed by atoms with Crippen molar-refractivity contribution < 1.29 is 9.59 Å². The Morgan fingerprint density at radius 2 is 1.96 bits per heavy atom. The second-order valence-electron chi connectivity index (χ2n) is 7.16. The van der Waals surface area contributed by atoms with Gasteiger partial charge in [-0.25, -0.2) is 4.98 Å². The van der Waals surface area contributed by atoms with E-state index in [1.165, 1.54) is 56.4 Å². The predicted molar refractivity (Wildman–Crippen MR) is 115 cm³/mol. The topological polar surface area (TPSA) is 62.3 Å². The number of nitrogens with zero attached hydrogens (tertiary/aromatic N) is 2. The number of anilines is 2. The smallest absolute Gasteiger partial charge is 0.244 e. The molecule has 2 aromatic rings. The summed E-state index contributed by atoms with van der Waals surface area (Å²) in [7, 11) is 0. The molecular formula is C22H27N3O2S. The van der Waals surface area contributed by atoms with E-state index < -0.39 is 0 Å². The van der Waals surface area contributed by atoms with Crippen LogP contribution in [0, 0.1) is 5.92 Å². The van der Waals surface area contributed by atoms with Gasteiger partial charge in [-0.3, -0.25) is 14.5 Å². The third kappa shape index (κ3) is 5.76. The molecule has 0 saturated heterocycles. The average molecular weight is 398 g/mol. The Morgan fingerprint density at radius 3 is 2.68 bits per heavy atom. The van der Waals surface area contributed by atoms with Crippen LogP contribution < -0.4 is 10.2 Å². The summed E-state index contributed by atoms with van der Waals surface area (Å²) in [5, 5.41) is 5.40. The second-order valence-corrected chi connectivity index (χ2v) is 8.00. The Hall–Kier alpha value is -2.47. The van der Waals surface area contributed by atoms with E-state index in [4.69, 9.17) is 0 Å². The van der Waals surface area contributed by atoms with Crippen molar-refractivity contribution in [3.05, 3.63) is 47.5 Å². The highest BCUT2D eigenvalue weighted by Gasteiger charge is 2.17. The maximum atomic E-state index is 12.1. The number of hydrogen-bond donors (Lipinski definition) is 1. The van der Waals surface area contributed by atoms with Gasteiger partial charge in [-0.15, -0.1) is 11.3 Å². The second kappa shape index (κ2) is 10.2. The lowest BCUT2D eigenvalue weighted by Gasteiger charge is -2.21. The molecule has 2 amide bonds. The quantitative estimate of drug-likeness (QED) is 0.674. The normalized spacial score (nSPS) is 14.9. The number of para-hydroxylation sites is 1. The molecular weight excluding hydrogens is 370 g/mol.